The maximum atomic E-state index is 12.4. The Morgan fingerprint density at radius 3 is 1.96 bits per heavy atom. The Bertz CT molecular complexity index is 771. The number of aromatic nitrogens is 2. The van der Waals surface area contributed by atoms with Crippen molar-refractivity contribution in [2.45, 2.75) is 7.59 Å². The topological polar surface area (TPSA) is 84.5 Å². The summed E-state index contributed by atoms with van der Waals surface area (Å²) in [5, 5.41) is 7.02. The number of anilines is 1. The number of halogens is 6. The van der Waals surface area contributed by atoms with Crippen LogP contribution in [0.15, 0.2) is 24.3 Å². The Hall–Kier alpha value is -0.830. The number of H-pyrrole nitrogens is 1. The van der Waals surface area contributed by atoms with Crippen molar-refractivity contribution < 1.29 is 19.1 Å². The van der Waals surface area contributed by atoms with Gasteiger partial charge in [0, 0.05) is 5.39 Å². The van der Waals surface area contributed by atoms with Crippen LogP contribution in [0, 0.1) is 0 Å². The Kier molecular flexibility index (Phi) is 6.98. The lowest BCUT2D eigenvalue weighted by molar-refractivity contribution is 0.136. The fraction of sp³-hybridized carbons (Fsp3) is 0.308. The van der Waals surface area contributed by atoms with Gasteiger partial charge in [-0.2, -0.15) is 10.00 Å². The average molecular weight is 484 g/mol. The van der Waals surface area contributed by atoms with Crippen molar-refractivity contribution in [3.8, 4) is 0 Å². The molecular weight excluding hydrogens is 475 g/mol. The van der Waals surface area contributed by atoms with Crippen LogP contribution in [0.25, 0.3) is 10.9 Å². The van der Waals surface area contributed by atoms with E-state index in [0.29, 0.717) is 15.8 Å². The molecule has 1 N–H and O–H groups in total. The molecule has 13 heteroatoms. The van der Waals surface area contributed by atoms with Crippen molar-refractivity contribution in [3.05, 3.63) is 24.3 Å². The van der Waals surface area contributed by atoms with Crippen molar-refractivity contribution in [2.24, 2.45) is 0 Å². The molecule has 0 aliphatic rings. The lowest BCUT2D eigenvalue weighted by Gasteiger charge is -2.20. The van der Waals surface area contributed by atoms with Crippen molar-refractivity contribution in [3.63, 3.8) is 0 Å². The molecule has 0 saturated heterocycles. The number of nitrogens with zero attached hydrogens (tertiary/aromatic N) is 2. The number of carbonyl (C=O) groups excluding carboxylic acids is 2. The molecule has 1 heterocycles. The van der Waals surface area contributed by atoms with Gasteiger partial charge in [-0.3, -0.25) is 5.10 Å². The molecule has 2 aromatic rings. The van der Waals surface area contributed by atoms with Crippen molar-refractivity contribution >= 4 is 98.5 Å². The first-order chi connectivity index (χ1) is 12.0. The first-order valence-corrected chi connectivity index (χ1v) is 8.95. The third-order valence-electron chi connectivity index (χ3n) is 2.75. The van der Waals surface area contributed by atoms with Gasteiger partial charge >= 0.3 is 12.2 Å². The fourth-order valence-corrected chi connectivity index (χ4v) is 2.11. The number of ether oxygens (including phenoxy) is 2. The number of nitrogens with one attached hydrogen (secondary N) is 1. The highest BCUT2D eigenvalue weighted by Crippen LogP contribution is 2.30. The molecule has 2 rings (SSSR count). The van der Waals surface area contributed by atoms with Crippen LogP contribution >= 0.6 is 69.6 Å². The highest BCUT2D eigenvalue weighted by atomic mass is 35.6. The maximum Gasteiger partial charge on any atom is 0.425 e. The number of benzene rings is 1. The molecule has 1 aromatic carbocycles. The number of alkyl halides is 6. The molecule has 142 valence electrons. The van der Waals surface area contributed by atoms with Gasteiger partial charge in [0.25, 0.3) is 0 Å². The van der Waals surface area contributed by atoms with Gasteiger partial charge < -0.3 is 9.47 Å². The van der Waals surface area contributed by atoms with E-state index in [2.05, 4.69) is 10.2 Å². The van der Waals surface area contributed by atoms with Crippen LogP contribution in [0.4, 0.5) is 15.4 Å². The largest absolute Gasteiger partial charge is 0.444 e. The van der Waals surface area contributed by atoms with E-state index in [4.69, 9.17) is 79.1 Å². The Morgan fingerprint density at radius 2 is 1.46 bits per heavy atom. The van der Waals surface area contributed by atoms with Crippen LogP contribution < -0.4 is 4.90 Å². The van der Waals surface area contributed by atoms with E-state index in [1.54, 1.807) is 24.3 Å². The van der Waals surface area contributed by atoms with Gasteiger partial charge in [0.15, 0.2) is 5.82 Å². The molecule has 0 spiro atoms. The minimum atomic E-state index is -1.88. The molecule has 0 unspecified atom stereocenters. The maximum absolute atomic E-state index is 12.4. The number of para-hydroxylation sites is 1. The summed E-state index contributed by atoms with van der Waals surface area (Å²) < 4.78 is 5.91. The van der Waals surface area contributed by atoms with E-state index in [9.17, 15) is 9.59 Å². The number of rotatable bonds is 3. The molecule has 0 aliphatic carbocycles. The second kappa shape index (κ2) is 8.46. The number of hydrogen-bond donors (Lipinski definition) is 1. The van der Waals surface area contributed by atoms with Gasteiger partial charge in [-0.25, -0.2) is 9.59 Å². The molecule has 0 bridgehead atoms. The van der Waals surface area contributed by atoms with E-state index >= 15 is 0 Å². The fourth-order valence-electron chi connectivity index (χ4n) is 1.78. The molecule has 2 amide bonds. The Labute approximate surface area is 177 Å². The molecule has 0 atom stereocenters. The van der Waals surface area contributed by atoms with Gasteiger partial charge in [-0.05, 0) is 12.1 Å². The van der Waals surface area contributed by atoms with Crippen LogP contribution in [0.5, 0.6) is 0 Å². The molecule has 7 nitrogen and oxygen atoms in total. The van der Waals surface area contributed by atoms with Crippen molar-refractivity contribution in [2.75, 3.05) is 18.1 Å². The van der Waals surface area contributed by atoms with Gasteiger partial charge in [0.2, 0.25) is 7.59 Å². The normalized spacial score (nSPS) is 12.1. The summed E-state index contributed by atoms with van der Waals surface area (Å²) in [6.07, 6.45) is -2.38. The summed E-state index contributed by atoms with van der Waals surface area (Å²) in [5.74, 6) is -0.0933. The molecule has 0 aliphatic heterocycles. The number of aromatic amines is 1. The quantitative estimate of drug-likeness (QED) is 0.592. The third kappa shape index (κ3) is 6.11. The van der Waals surface area contributed by atoms with E-state index in [-0.39, 0.29) is 5.82 Å². The monoisotopic (exact) mass is 481 g/mol. The van der Waals surface area contributed by atoms with Crippen molar-refractivity contribution in [1.29, 1.82) is 0 Å². The average Bonchev–Trinajstić information content (AvgIpc) is 2.94. The van der Waals surface area contributed by atoms with Crippen LogP contribution in [-0.2, 0) is 9.47 Å². The predicted octanol–water partition coefficient (Wildman–Crippen LogP) is 5.38. The van der Waals surface area contributed by atoms with Gasteiger partial charge in [0.05, 0.1) is 5.52 Å². The van der Waals surface area contributed by atoms with E-state index in [0.717, 1.165) is 0 Å². The van der Waals surface area contributed by atoms with Crippen LogP contribution in [-0.4, -0.2) is 43.2 Å². The first kappa shape index (κ1) is 21.5. The van der Waals surface area contributed by atoms with Crippen LogP contribution in [0.1, 0.15) is 0 Å². The minimum absolute atomic E-state index is 0.0933. The lowest BCUT2D eigenvalue weighted by Crippen LogP contribution is -2.40. The third-order valence-corrected chi connectivity index (χ3v) is 3.40. The highest BCUT2D eigenvalue weighted by molar-refractivity contribution is 6.68. The standard InChI is InChI=1S/C13H9Cl6N3O4/c14-12(15,16)5-25-10(23)22(11(24)26-6-13(17,18)19)9-7-3-1-2-4-8(7)20-21-9/h1-4H,5-6H2,(H,20,21). The number of imide groups is 1. The summed E-state index contributed by atoms with van der Waals surface area (Å²) in [7, 11) is 0. The summed E-state index contributed by atoms with van der Waals surface area (Å²) in [6, 6.07) is 6.71. The van der Waals surface area contributed by atoms with E-state index in [1.165, 1.54) is 0 Å². The summed E-state index contributed by atoms with van der Waals surface area (Å²) >= 11 is 33.3. The van der Waals surface area contributed by atoms with Crippen molar-refractivity contribution in [1.82, 2.24) is 10.2 Å². The number of carbonyl (C=O) groups is 2. The zero-order valence-corrected chi connectivity index (χ0v) is 17.1. The van der Waals surface area contributed by atoms with Crippen LogP contribution in [0.2, 0.25) is 0 Å². The van der Waals surface area contributed by atoms with Gasteiger partial charge in [-0.1, -0.05) is 81.7 Å². The summed E-state index contributed by atoms with van der Waals surface area (Å²) in [4.78, 5) is 25.2. The second-order valence-electron chi connectivity index (χ2n) is 4.77. The zero-order chi connectivity index (χ0) is 19.5. The highest BCUT2D eigenvalue weighted by Gasteiger charge is 2.34. The minimum Gasteiger partial charge on any atom is -0.444 e. The van der Waals surface area contributed by atoms with Gasteiger partial charge in [0.1, 0.15) is 13.2 Å². The summed E-state index contributed by atoms with van der Waals surface area (Å²) in [6.45, 7) is -1.24. The first-order valence-electron chi connectivity index (χ1n) is 6.68. The molecule has 1 aromatic heterocycles. The number of hydrogen-bond acceptors (Lipinski definition) is 5. The number of amides is 2. The molecule has 26 heavy (non-hydrogen) atoms. The van der Waals surface area contributed by atoms with E-state index in [1.807, 2.05) is 0 Å². The molecule has 0 fully saturated rings. The summed E-state index contributed by atoms with van der Waals surface area (Å²) in [5.41, 5.74) is 0.552. The zero-order valence-electron chi connectivity index (χ0n) is 12.5. The van der Waals surface area contributed by atoms with Gasteiger partial charge in [-0.15, -0.1) is 0 Å². The smallest absolute Gasteiger partial charge is 0.425 e. The predicted molar refractivity (Wildman–Crippen MR) is 102 cm³/mol. The van der Waals surface area contributed by atoms with E-state index < -0.39 is 33.0 Å². The second-order valence-corrected chi connectivity index (χ2v) is 9.80. The lowest BCUT2D eigenvalue weighted by atomic mass is 10.2. The SMILES string of the molecule is O=C(OCC(Cl)(Cl)Cl)N(C(=O)OCC(Cl)(Cl)Cl)c1n[nH]c2ccccc12. The Balaban J connectivity index is 2.32. The molecule has 0 saturated carbocycles. The number of fused-ring (bicyclic) bond motifs is 1. The molecular formula is C13H9Cl6N3O4. The van der Waals surface area contributed by atoms with Crippen LogP contribution in [0.3, 0.4) is 0 Å². The molecule has 0 radical (unpaired) electrons. The Morgan fingerprint density at radius 1 is 0.962 bits per heavy atom.